The standard InChI is InChI=1S/C36H21ClF6N2O3S2/c37-23-8-10-27(45-34(48)32-14-12-29(49-32)19-4-6-21(7-5-19)35(38,39)40)25(17-23)26-18-24(9-11-28(26)46)44-33(47)31-15-13-30(50-31)20-2-1-3-22(16-20)36(41,42)43/h1-18,46H,(H,44,47)(H,45,48). The first-order valence-corrected chi connectivity index (χ1v) is 16.5. The normalized spacial score (nSPS) is 11.7. The first-order chi connectivity index (χ1) is 23.7. The topological polar surface area (TPSA) is 78.4 Å². The minimum atomic E-state index is -4.51. The summed E-state index contributed by atoms with van der Waals surface area (Å²) < 4.78 is 78.5. The maximum absolute atomic E-state index is 13.3. The number of carbonyl (C=O) groups is 2. The van der Waals surface area contributed by atoms with Gasteiger partial charge in [0.1, 0.15) is 5.75 Å². The summed E-state index contributed by atoms with van der Waals surface area (Å²) in [4.78, 5) is 28.0. The first kappa shape index (κ1) is 34.7. The molecule has 0 aliphatic carbocycles. The smallest absolute Gasteiger partial charge is 0.416 e. The number of rotatable bonds is 7. The van der Waals surface area contributed by atoms with Gasteiger partial charge in [-0.15, -0.1) is 22.7 Å². The highest BCUT2D eigenvalue weighted by molar-refractivity contribution is 7.17. The zero-order valence-electron chi connectivity index (χ0n) is 25.1. The zero-order chi connectivity index (χ0) is 35.8. The quantitative estimate of drug-likeness (QED) is 0.113. The Kier molecular flexibility index (Phi) is 9.49. The van der Waals surface area contributed by atoms with E-state index in [0.717, 1.165) is 46.9 Å². The number of amides is 2. The molecule has 2 aromatic heterocycles. The average Bonchev–Trinajstić information content (AvgIpc) is 3.77. The fourth-order valence-electron chi connectivity index (χ4n) is 4.96. The zero-order valence-corrected chi connectivity index (χ0v) is 27.5. The molecule has 0 spiro atoms. The Morgan fingerprint density at radius 2 is 1.22 bits per heavy atom. The second kappa shape index (κ2) is 13.7. The van der Waals surface area contributed by atoms with Crippen LogP contribution < -0.4 is 10.6 Å². The molecule has 6 aromatic rings. The van der Waals surface area contributed by atoms with E-state index in [9.17, 15) is 41.0 Å². The fraction of sp³-hybridized carbons (Fsp3) is 0.0556. The molecule has 4 aromatic carbocycles. The van der Waals surface area contributed by atoms with Crippen molar-refractivity contribution in [1.82, 2.24) is 0 Å². The molecule has 0 unspecified atom stereocenters. The largest absolute Gasteiger partial charge is 0.507 e. The fourth-order valence-corrected chi connectivity index (χ4v) is 6.93. The number of carbonyl (C=O) groups excluding carboxylic acids is 2. The summed E-state index contributed by atoms with van der Waals surface area (Å²) in [5.74, 6) is -1.24. The van der Waals surface area contributed by atoms with Crippen molar-refractivity contribution in [3.05, 3.63) is 135 Å². The van der Waals surface area contributed by atoms with Crippen LogP contribution in [0, 0.1) is 0 Å². The summed E-state index contributed by atoms with van der Waals surface area (Å²) in [5.41, 5.74) is 0.306. The van der Waals surface area contributed by atoms with Gasteiger partial charge in [-0.3, -0.25) is 9.59 Å². The van der Waals surface area contributed by atoms with Crippen molar-refractivity contribution in [2.45, 2.75) is 12.4 Å². The molecule has 3 N–H and O–H groups in total. The number of hydrogen-bond acceptors (Lipinski definition) is 5. The highest BCUT2D eigenvalue weighted by Gasteiger charge is 2.31. The van der Waals surface area contributed by atoms with Crippen molar-refractivity contribution >= 4 is 57.5 Å². The minimum Gasteiger partial charge on any atom is -0.507 e. The number of aromatic hydroxyl groups is 1. The molecule has 14 heteroatoms. The van der Waals surface area contributed by atoms with E-state index in [1.54, 1.807) is 18.2 Å². The highest BCUT2D eigenvalue weighted by Crippen LogP contribution is 2.40. The molecule has 0 fully saturated rings. The van der Waals surface area contributed by atoms with Crippen LogP contribution in [0.2, 0.25) is 5.02 Å². The van der Waals surface area contributed by atoms with Crippen molar-refractivity contribution < 1.29 is 41.0 Å². The van der Waals surface area contributed by atoms with Gasteiger partial charge in [-0.05, 0) is 96.1 Å². The predicted molar refractivity (Wildman–Crippen MR) is 184 cm³/mol. The Hall–Kier alpha value is -5.11. The summed E-state index contributed by atoms with van der Waals surface area (Å²) in [6, 6.07) is 24.5. The summed E-state index contributed by atoms with van der Waals surface area (Å²) in [6.45, 7) is 0. The van der Waals surface area contributed by atoms with Crippen LogP contribution in [-0.2, 0) is 12.4 Å². The molecule has 50 heavy (non-hydrogen) atoms. The lowest BCUT2D eigenvalue weighted by Crippen LogP contribution is -2.11. The van der Waals surface area contributed by atoms with Crippen LogP contribution >= 0.6 is 34.3 Å². The van der Waals surface area contributed by atoms with Crippen LogP contribution in [0.15, 0.2) is 109 Å². The molecule has 0 saturated carbocycles. The molecule has 5 nitrogen and oxygen atoms in total. The molecule has 0 radical (unpaired) electrons. The number of alkyl halides is 6. The molecular formula is C36H21ClF6N2O3S2. The van der Waals surface area contributed by atoms with Crippen molar-refractivity contribution in [3.63, 3.8) is 0 Å². The lowest BCUT2D eigenvalue weighted by atomic mass is 10.0. The first-order valence-electron chi connectivity index (χ1n) is 14.5. The van der Waals surface area contributed by atoms with Gasteiger partial charge in [-0.1, -0.05) is 35.9 Å². The Morgan fingerprint density at radius 1 is 0.600 bits per heavy atom. The lowest BCUT2D eigenvalue weighted by Gasteiger charge is -2.14. The van der Waals surface area contributed by atoms with Crippen LogP contribution in [0.1, 0.15) is 30.5 Å². The van der Waals surface area contributed by atoms with Crippen LogP contribution in [0.4, 0.5) is 37.7 Å². The van der Waals surface area contributed by atoms with E-state index in [2.05, 4.69) is 10.6 Å². The maximum atomic E-state index is 13.3. The van der Waals surface area contributed by atoms with E-state index >= 15 is 0 Å². The monoisotopic (exact) mass is 742 g/mol. The van der Waals surface area contributed by atoms with E-state index in [0.29, 0.717) is 26.4 Å². The van der Waals surface area contributed by atoms with Crippen molar-refractivity contribution in [3.8, 4) is 37.8 Å². The van der Waals surface area contributed by atoms with Gasteiger partial charge in [-0.25, -0.2) is 0 Å². The average molecular weight is 743 g/mol. The van der Waals surface area contributed by atoms with E-state index < -0.39 is 35.3 Å². The number of anilines is 2. The molecule has 0 aliphatic rings. The third-order valence-electron chi connectivity index (χ3n) is 7.41. The molecule has 6 rings (SSSR count). The van der Waals surface area contributed by atoms with E-state index in [1.807, 2.05) is 0 Å². The lowest BCUT2D eigenvalue weighted by molar-refractivity contribution is -0.138. The van der Waals surface area contributed by atoms with Gasteiger partial charge in [0.2, 0.25) is 0 Å². The van der Waals surface area contributed by atoms with Crippen LogP contribution in [0.25, 0.3) is 32.0 Å². The minimum absolute atomic E-state index is 0.190. The van der Waals surface area contributed by atoms with Crippen molar-refractivity contribution in [1.29, 1.82) is 0 Å². The SMILES string of the molecule is O=C(Nc1ccc(O)c(-c2cc(Cl)ccc2NC(=O)c2ccc(-c3ccc(C(F)(F)F)cc3)s2)c1)c1ccc(-c2cccc(C(F)(F)F)c2)s1. The molecule has 0 aliphatic heterocycles. The van der Waals surface area contributed by atoms with Crippen LogP contribution in [0.3, 0.4) is 0 Å². The van der Waals surface area contributed by atoms with Gasteiger partial charge >= 0.3 is 12.4 Å². The highest BCUT2D eigenvalue weighted by atomic mass is 35.5. The molecule has 254 valence electrons. The third-order valence-corrected chi connectivity index (χ3v) is 9.91. The Bertz CT molecular complexity index is 2230. The molecular weight excluding hydrogens is 722 g/mol. The van der Waals surface area contributed by atoms with E-state index in [-0.39, 0.29) is 37.5 Å². The number of phenolic OH excluding ortho intramolecular Hbond substituents is 1. The molecule has 0 atom stereocenters. The molecule has 0 saturated heterocycles. The van der Waals surface area contributed by atoms with Gasteiger partial charge in [-0.2, -0.15) is 26.3 Å². The van der Waals surface area contributed by atoms with Crippen molar-refractivity contribution in [2.24, 2.45) is 0 Å². The number of halogens is 7. The Balaban J connectivity index is 1.21. The number of thiophene rings is 2. The summed E-state index contributed by atoms with van der Waals surface area (Å²) in [6.07, 6.45) is -8.98. The number of benzene rings is 4. The third kappa shape index (κ3) is 7.70. The summed E-state index contributed by atoms with van der Waals surface area (Å²) in [5, 5.41) is 16.6. The molecule has 2 amide bonds. The molecule has 0 bridgehead atoms. The van der Waals surface area contributed by atoms with Gasteiger partial charge in [0.15, 0.2) is 0 Å². The second-order valence-electron chi connectivity index (χ2n) is 10.8. The number of hydrogen-bond donors (Lipinski definition) is 3. The number of phenols is 1. The van der Waals surface area contributed by atoms with E-state index in [4.69, 9.17) is 11.6 Å². The Labute approximate surface area is 293 Å². The van der Waals surface area contributed by atoms with Gasteiger partial charge in [0.25, 0.3) is 11.8 Å². The van der Waals surface area contributed by atoms with Gasteiger partial charge in [0, 0.05) is 37.3 Å². The van der Waals surface area contributed by atoms with Crippen LogP contribution in [-0.4, -0.2) is 16.9 Å². The summed E-state index contributed by atoms with van der Waals surface area (Å²) in [7, 11) is 0. The predicted octanol–water partition coefficient (Wildman–Crippen LogP) is 11.7. The molecule has 2 heterocycles. The Morgan fingerprint density at radius 3 is 1.86 bits per heavy atom. The van der Waals surface area contributed by atoms with Gasteiger partial charge in [0.05, 0.1) is 20.9 Å². The second-order valence-corrected chi connectivity index (χ2v) is 13.4. The van der Waals surface area contributed by atoms with Crippen LogP contribution in [0.5, 0.6) is 5.75 Å². The van der Waals surface area contributed by atoms with Crippen molar-refractivity contribution in [2.75, 3.05) is 10.6 Å². The van der Waals surface area contributed by atoms with Gasteiger partial charge < -0.3 is 15.7 Å². The maximum Gasteiger partial charge on any atom is 0.416 e. The van der Waals surface area contributed by atoms with E-state index in [1.165, 1.54) is 66.7 Å². The summed E-state index contributed by atoms with van der Waals surface area (Å²) >= 11 is 8.37. The number of nitrogens with one attached hydrogen (secondary N) is 2.